The number of aryl methyl sites for hydroxylation is 2. The Morgan fingerprint density at radius 3 is 2.60 bits per heavy atom. The highest BCUT2D eigenvalue weighted by Crippen LogP contribution is 2.26. The van der Waals surface area contributed by atoms with Crippen LogP contribution in [0.25, 0.3) is 11.4 Å². The molecule has 0 aromatic carbocycles. The summed E-state index contributed by atoms with van der Waals surface area (Å²) in [7, 11) is 1.92. The van der Waals surface area contributed by atoms with E-state index in [2.05, 4.69) is 20.4 Å². The molecular weight excluding hydrogens is 256 g/mol. The van der Waals surface area contributed by atoms with Crippen LogP contribution in [-0.2, 0) is 4.74 Å². The summed E-state index contributed by atoms with van der Waals surface area (Å²) in [5.41, 5.74) is 2.83. The van der Waals surface area contributed by atoms with Crippen LogP contribution in [0.2, 0.25) is 0 Å². The fraction of sp³-hybridized carbons (Fsp3) is 0.500. The molecule has 0 saturated carbocycles. The number of likely N-dealkylation sites (N-methyl/N-ethyl adjacent to an activating group) is 1. The molecule has 1 aliphatic heterocycles. The van der Waals surface area contributed by atoms with Crippen LogP contribution in [0.1, 0.15) is 23.2 Å². The molecule has 1 aliphatic rings. The van der Waals surface area contributed by atoms with Crippen molar-refractivity contribution >= 4 is 0 Å². The van der Waals surface area contributed by atoms with Gasteiger partial charge in [0.2, 0.25) is 11.7 Å². The second kappa shape index (κ2) is 5.30. The van der Waals surface area contributed by atoms with Crippen molar-refractivity contribution in [1.82, 2.24) is 20.4 Å². The van der Waals surface area contributed by atoms with Crippen molar-refractivity contribution in [2.45, 2.75) is 25.8 Å². The summed E-state index contributed by atoms with van der Waals surface area (Å²) in [4.78, 5) is 8.87. The van der Waals surface area contributed by atoms with Crippen LogP contribution >= 0.6 is 0 Å². The fourth-order valence-corrected chi connectivity index (χ4v) is 2.55. The van der Waals surface area contributed by atoms with Crippen molar-refractivity contribution in [3.63, 3.8) is 0 Å². The van der Waals surface area contributed by atoms with E-state index in [4.69, 9.17) is 9.26 Å². The minimum atomic E-state index is 0.116. The van der Waals surface area contributed by atoms with Gasteiger partial charge in [0.05, 0.1) is 19.1 Å². The normalized spacial score (nSPS) is 22.4. The van der Waals surface area contributed by atoms with Crippen LogP contribution in [0.3, 0.4) is 0 Å². The molecule has 6 heteroatoms. The van der Waals surface area contributed by atoms with Gasteiger partial charge in [0.25, 0.3) is 0 Å². The molecule has 0 spiro atoms. The lowest BCUT2D eigenvalue weighted by Crippen LogP contribution is -2.31. The first-order chi connectivity index (χ1) is 9.67. The molecule has 2 unspecified atom stereocenters. The monoisotopic (exact) mass is 274 g/mol. The summed E-state index contributed by atoms with van der Waals surface area (Å²) in [6, 6.07) is 4.15. The average molecular weight is 274 g/mol. The zero-order chi connectivity index (χ0) is 14.1. The molecule has 0 bridgehead atoms. The molecule has 3 heterocycles. The van der Waals surface area contributed by atoms with Gasteiger partial charge in [-0.25, -0.2) is 0 Å². The minimum Gasteiger partial charge on any atom is -0.379 e. The number of nitrogens with zero attached hydrogens (tertiary/aromatic N) is 3. The molecule has 2 atom stereocenters. The Morgan fingerprint density at radius 2 is 1.90 bits per heavy atom. The average Bonchev–Trinajstić information content (AvgIpc) is 3.06. The first-order valence-electron chi connectivity index (χ1n) is 6.71. The molecule has 6 nitrogen and oxygen atoms in total. The van der Waals surface area contributed by atoms with E-state index >= 15 is 0 Å². The summed E-state index contributed by atoms with van der Waals surface area (Å²) >= 11 is 0. The van der Waals surface area contributed by atoms with Gasteiger partial charge in [-0.1, -0.05) is 5.16 Å². The zero-order valence-corrected chi connectivity index (χ0v) is 11.9. The summed E-state index contributed by atoms with van der Waals surface area (Å²) in [5, 5.41) is 7.30. The third-order valence-electron chi connectivity index (χ3n) is 3.55. The Bertz CT molecular complexity index is 591. The van der Waals surface area contributed by atoms with E-state index in [1.165, 1.54) is 0 Å². The molecule has 1 fully saturated rings. The number of hydrogen-bond donors (Lipinski definition) is 1. The number of ether oxygens (including phenoxy) is 1. The molecule has 106 valence electrons. The van der Waals surface area contributed by atoms with E-state index < -0.39 is 0 Å². The quantitative estimate of drug-likeness (QED) is 0.913. The lowest BCUT2D eigenvalue weighted by atomic mass is 10.0. The topological polar surface area (TPSA) is 73.1 Å². The maximum atomic E-state index is 5.47. The van der Waals surface area contributed by atoms with Gasteiger partial charge in [-0.2, -0.15) is 4.98 Å². The summed E-state index contributed by atoms with van der Waals surface area (Å²) in [6.07, 6.45) is 0. The number of aromatic nitrogens is 3. The Kier molecular flexibility index (Phi) is 3.50. The van der Waals surface area contributed by atoms with Crippen molar-refractivity contribution in [1.29, 1.82) is 0 Å². The standard InChI is InChI=1S/C14H18N4O2/c1-8-4-10(5-9(2)16-8)13-17-14(20-18-13)11-6-19-7-12(11)15-3/h4-5,11-12,15H,6-7H2,1-3H3. The Hall–Kier alpha value is -1.79. The zero-order valence-electron chi connectivity index (χ0n) is 11.9. The highest BCUT2D eigenvalue weighted by molar-refractivity contribution is 5.55. The lowest BCUT2D eigenvalue weighted by molar-refractivity contribution is 0.185. The molecule has 1 saturated heterocycles. The van der Waals surface area contributed by atoms with Gasteiger partial charge in [0, 0.05) is 23.0 Å². The van der Waals surface area contributed by atoms with E-state index in [1.807, 2.05) is 33.0 Å². The van der Waals surface area contributed by atoms with Gasteiger partial charge in [-0.3, -0.25) is 4.98 Å². The number of hydrogen-bond acceptors (Lipinski definition) is 6. The first-order valence-corrected chi connectivity index (χ1v) is 6.71. The highest BCUT2D eigenvalue weighted by atomic mass is 16.5. The summed E-state index contributed by atoms with van der Waals surface area (Å²) < 4.78 is 10.9. The van der Waals surface area contributed by atoms with Crippen LogP contribution in [0, 0.1) is 13.8 Å². The van der Waals surface area contributed by atoms with Gasteiger partial charge in [0.1, 0.15) is 0 Å². The number of pyridine rings is 1. The van der Waals surface area contributed by atoms with Crippen molar-refractivity contribution in [3.05, 3.63) is 29.4 Å². The molecule has 0 aliphatic carbocycles. The predicted molar refractivity (Wildman–Crippen MR) is 73.4 cm³/mol. The molecule has 0 radical (unpaired) electrons. The second-order valence-corrected chi connectivity index (χ2v) is 5.13. The van der Waals surface area contributed by atoms with Crippen LogP contribution < -0.4 is 5.32 Å². The van der Waals surface area contributed by atoms with Gasteiger partial charge in [0.15, 0.2) is 0 Å². The molecule has 3 rings (SSSR count). The summed E-state index contributed by atoms with van der Waals surface area (Å²) in [5.74, 6) is 1.35. The van der Waals surface area contributed by atoms with Crippen molar-refractivity contribution in [2.75, 3.05) is 20.3 Å². The SMILES string of the molecule is CNC1COCC1c1nc(-c2cc(C)nc(C)c2)no1. The smallest absolute Gasteiger partial charge is 0.234 e. The highest BCUT2D eigenvalue weighted by Gasteiger charge is 2.33. The Balaban J connectivity index is 1.90. The largest absolute Gasteiger partial charge is 0.379 e. The van der Waals surface area contributed by atoms with E-state index in [-0.39, 0.29) is 12.0 Å². The van der Waals surface area contributed by atoms with Crippen LogP contribution in [0.15, 0.2) is 16.7 Å². The minimum absolute atomic E-state index is 0.116. The third-order valence-corrected chi connectivity index (χ3v) is 3.55. The summed E-state index contributed by atoms with van der Waals surface area (Å²) in [6.45, 7) is 5.20. The van der Waals surface area contributed by atoms with Gasteiger partial charge in [-0.05, 0) is 33.0 Å². The third kappa shape index (κ3) is 2.44. The van der Waals surface area contributed by atoms with Crippen molar-refractivity contribution in [2.24, 2.45) is 0 Å². The van der Waals surface area contributed by atoms with Gasteiger partial charge in [-0.15, -0.1) is 0 Å². The van der Waals surface area contributed by atoms with Crippen molar-refractivity contribution in [3.8, 4) is 11.4 Å². The van der Waals surface area contributed by atoms with E-state index in [0.717, 1.165) is 17.0 Å². The molecule has 20 heavy (non-hydrogen) atoms. The maximum Gasteiger partial charge on any atom is 0.234 e. The Morgan fingerprint density at radius 1 is 1.15 bits per heavy atom. The number of nitrogens with one attached hydrogen (secondary N) is 1. The lowest BCUT2D eigenvalue weighted by Gasteiger charge is -2.11. The predicted octanol–water partition coefficient (Wildman–Crippen LogP) is 1.45. The fourth-order valence-electron chi connectivity index (χ4n) is 2.55. The first kappa shape index (κ1) is 13.2. The van der Waals surface area contributed by atoms with Crippen LogP contribution in [0.4, 0.5) is 0 Å². The molecule has 2 aromatic heterocycles. The molecular formula is C14H18N4O2. The van der Waals surface area contributed by atoms with Gasteiger partial charge < -0.3 is 14.6 Å². The molecule has 0 amide bonds. The van der Waals surface area contributed by atoms with E-state index in [1.54, 1.807) is 0 Å². The number of rotatable bonds is 3. The second-order valence-electron chi connectivity index (χ2n) is 5.13. The van der Waals surface area contributed by atoms with Gasteiger partial charge >= 0.3 is 0 Å². The molecule has 1 N–H and O–H groups in total. The van der Waals surface area contributed by atoms with Crippen LogP contribution in [-0.4, -0.2) is 41.4 Å². The van der Waals surface area contributed by atoms with Crippen molar-refractivity contribution < 1.29 is 9.26 Å². The van der Waals surface area contributed by atoms with E-state index in [0.29, 0.717) is 24.9 Å². The maximum absolute atomic E-state index is 5.47. The Labute approximate surface area is 117 Å². The van der Waals surface area contributed by atoms with Crippen LogP contribution in [0.5, 0.6) is 0 Å². The molecule has 2 aromatic rings. The van der Waals surface area contributed by atoms with E-state index in [9.17, 15) is 0 Å².